The first kappa shape index (κ1) is 16.3. The van der Waals surface area contributed by atoms with Crippen LogP contribution in [0.5, 0.6) is 0 Å². The highest BCUT2D eigenvalue weighted by Gasteiger charge is 2.16. The molecule has 0 saturated carbocycles. The van der Waals surface area contributed by atoms with Crippen LogP contribution in [0.1, 0.15) is 16.1 Å². The second-order valence-corrected chi connectivity index (χ2v) is 8.94. The van der Waals surface area contributed by atoms with Crippen LogP contribution >= 0.6 is 22.7 Å². The molecule has 0 unspecified atom stereocenters. The van der Waals surface area contributed by atoms with Crippen LogP contribution < -0.4 is 4.72 Å². The molecular weight excluding hydrogens is 348 g/mol. The van der Waals surface area contributed by atoms with E-state index >= 15 is 0 Å². The molecule has 1 aromatic carbocycles. The molecular formula is C16H16N2O2S3. The van der Waals surface area contributed by atoms with Crippen LogP contribution in [0.3, 0.4) is 0 Å². The molecule has 0 bridgehead atoms. The molecule has 0 saturated heterocycles. The fraction of sp³-hybridized carbons (Fsp3) is 0.188. The summed E-state index contributed by atoms with van der Waals surface area (Å²) in [5, 5.41) is 2.94. The Bertz CT molecular complexity index is 895. The SMILES string of the molecule is Cc1ccc(S(=O)(=O)NCc2sc(-c3cccs3)nc2C)cc1. The van der Waals surface area contributed by atoms with Crippen molar-refractivity contribution in [3.8, 4) is 9.88 Å². The predicted octanol–water partition coefficient (Wildman–Crippen LogP) is 3.97. The molecule has 0 aliphatic carbocycles. The van der Waals surface area contributed by atoms with E-state index in [-0.39, 0.29) is 11.4 Å². The number of aryl methyl sites for hydroxylation is 2. The number of benzene rings is 1. The summed E-state index contributed by atoms with van der Waals surface area (Å²) in [6.45, 7) is 4.09. The molecule has 0 amide bonds. The van der Waals surface area contributed by atoms with Gasteiger partial charge < -0.3 is 0 Å². The van der Waals surface area contributed by atoms with E-state index in [1.54, 1.807) is 35.6 Å². The van der Waals surface area contributed by atoms with Crippen molar-refractivity contribution in [1.29, 1.82) is 0 Å². The van der Waals surface area contributed by atoms with Gasteiger partial charge in [0.05, 0.1) is 15.5 Å². The standard InChI is InChI=1S/C16H16N2O2S3/c1-11-5-7-13(8-6-11)23(19,20)17-10-15-12(2)18-16(22-15)14-4-3-9-21-14/h3-9,17H,10H2,1-2H3. The van der Waals surface area contributed by atoms with Crippen LogP contribution in [0, 0.1) is 13.8 Å². The highest BCUT2D eigenvalue weighted by Crippen LogP contribution is 2.31. The third kappa shape index (κ3) is 3.69. The molecule has 2 heterocycles. The normalized spacial score (nSPS) is 11.7. The van der Waals surface area contributed by atoms with Crippen LogP contribution in [0.4, 0.5) is 0 Å². The van der Waals surface area contributed by atoms with Gasteiger partial charge in [-0.05, 0) is 37.4 Å². The molecule has 0 aliphatic heterocycles. The number of rotatable bonds is 5. The summed E-state index contributed by atoms with van der Waals surface area (Å²) >= 11 is 3.16. The number of thiazole rings is 1. The van der Waals surface area contributed by atoms with Crippen LogP contribution in [0.25, 0.3) is 9.88 Å². The molecule has 1 N–H and O–H groups in total. The van der Waals surface area contributed by atoms with E-state index in [0.717, 1.165) is 26.0 Å². The van der Waals surface area contributed by atoms with Gasteiger partial charge in [-0.1, -0.05) is 23.8 Å². The summed E-state index contributed by atoms with van der Waals surface area (Å²) < 4.78 is 27.3. The van der Waals surface area contributed by atoms with Crippen molar-refractivity contribution in [2.75, 3.05) is 0 Å². The van der Waals surface area contributed by atoms with Crippen molar-refractivity contribution in [3.63, 3.8) is 0 Å². The molecule has 0 spiro atoms. The summed E-state index contributed by atoms with van der Waals surface area (Å²) in [4.78, 5) is 6.85. The van der Waals surface area contributed by atoms with E-state index in [2.05, 4.69) is 9.71 Å². The molecule has 7 heteroatoms. The van der Waals surface area contributed by atoms with Crippen molar-refractivity contribution in [1.82, 2.24) is 9.71 Å². The Morgan fingerprint density at radius 1 is 1.13 bits per heavy atom. The van der Waals surface area contributed by atoms with Crippen molar-refractivity contribution in [3.05, 3.63) is 57.9 Å². The van der Waals surface area contributed by atoms with Gasteiger partial charge in [0, 0.05) is 11.4 Å². The van der Waals surface area contributed by atoms with E-state index < -0.39 is 10.0 Å². The number of nitrogens with one attached hydrogen (secondary N) is 1. The highest BCUT2D eigenvalue weighted by molar-refractivity contribution is 7.89. The Kier molecular flexibility index (Phi) is 4.63. The Morgan fingerprint density at radius 2 is 1.87 bits per heavy atom. The molecule has 0 atom stereocenters. The highest BCUT2D eigenvalue weighted by atomic mass is 32.2. The molecule has 3 rings (SSSR count). The van der Waals surface area contributed by atoms with Crippen LogP contribution in [0.2, 0.25) is 0 Å². The summed E-state index contributed by atoms with van der Waals surface area (Å²) in [5.74, 6) is 0. The third-order valence-electron chi connectivity index (χ3n) is 3.38. The monoisotopic (exact) mass is 364 g/mol. The van der Waals surface area contributed by atoms with Crippen LogP contribution in [0.15, 0.2) is 46.7 Å². The summed E-state index contributed by atoms with van der Waals surface area (Å²) in [6.07, 6.45) is 0. The fourth-order valence-corrected chi connectivity index (χ4v) is 4.94. The number of sulfonamides is 1. The van der Waals surface area contributed by atoms with Gasteiger partial charge in [0.2, 0.25) is 10.0 Å². The molecule has 0 fully saturated rings. The first-order valence-electron chi connectivity index (χ1n) is 7.02. The lowest BCUT2D eigenvalue weighted by atomic mass is 10.2. The number of nitrogens with zero attached hydrogens (tertiary/aromatic N) is 1. The number of hydrogen-bond donors (Lipinski definition) is 1. The fourth-order valence-electron chi connectivity index (χ4n) is 2.06. The topological polar surface area (TPSA) is 59.1 Å². The van der Waals surface area contributed by atoms with Gasteiger partial charge in [-0.3, -0.25) is 0 Å². The number of aromatic nitrogens is 1. The smallest absolute Gasteiger partial charge is 0.240 e. The maximum absolute atomic E-state index is 12.3. The lowest BCUT2D eigenvalue weighted by molar-refractivity contribution is 0.581. The van der Waals surface area contributed by atoms with Crippen molar-refractivity contribution < 1.29 is 8.42 Å². The largest absolute Gasteiger partial charge is 0.240 e. The number of thiophene rings is 1. The van der Waals surface area contributed by atoms with Gasteiger partial charge in [0.1, 0.15) is 5.01 Å². The van der Waals surface area contributed by atoms with Gasteiger partial charge in [0.15, 0.2) is 0 Å². The molecule has 0 radical (unpaired) electrons. The van der Waals surface area contributed by atoms with E-state index in [1.807, 2.05) is 31.4 Å². The van der Waals surface area contributed by atoms with E-state index in [0.29, 0.717) is 0 Å². The summed E-state index contributed by atoms with van der Waals surface area (Å²) in [7, 11) is -3.51. The van der Waals surface area contributed by atoms with Gasteiger partial charge in [-0.2, -0.15) is 0 Å². The van der Waals surface area contributed by atoms with Gasteiger partial charge in [-0.15, -0.1) is 22.7 Å². The van der Waals surface area contributed by atoms with Gasteiger partial charge >= 0.3 is 0 Å². The Labute approximate surface area is 143 Å². The van der Waals surface area contributed by atoms with Crippen molar-refractivity contribution in [2.24, 2.45) is 0 Å². The second kappa shape index (κ2) is 6.52. The number of hydrogen-bond acceptors (Lipinski definition) is 5. The second-order valence-electron chi connectivity index (χ2n) is 5.14. The first-order chi connectivity index (χ1) is 11.0. The van der Waals surface area contributed by atoms with E-state index in [4.69, 9.17) is 0 Å². The first-order valence-corrected chi connectivity index (χ1v) is 10.2. The molecule has 2 aromatic heterocycles. The molecule has 0 aliphatic rings. The average Bonchev–Trinajstić information content (AvgIpc) is 3.15. The van der Waals surface area contributed by atoms with Crippen LogP contribution in [-0.2, 0) is 16.6 Å². The van der Waals surface area contributed by atoms with Gasteiger partial charge in [0.25, 0.3) is 0 Å². The maximum atomic E-state index is 12.3. The van der Waals surface area contributed by atoms with Crippen molar-refractivity contribution in [2.45, 2.75) is 25.3 Å². The third-order valence-corrected chi connectivity index (χ3v) is 6.99. The Hall–Kier alpha value is -1.54. The van der Waals surface area contributed by atoms with E-state index in [1.165, 1.54) is 11.3 Å². The maximum Gasteiger partial charge on any atom is 0.240 e. The molecule has 3 aromatic rings. The quantitative estimate of drug-likeness (QED) is 0.745. The van der Waals surface area contributed by atoms with Crippen molar-refractivity contribution >= 4 is 32.7 Å². The zero-order valence-electron chi connectivity index (χ0n) is 12.7. The average molecular weight is 365 g/mol. The minimum Gasteiger partial charge on any atom is -0.240 e. The molecule has 23 heavy (non-hydrogen) atoms. The zero-order valence-corrected chi connectivity index (χ0v) is 15.2. The Balaban J connectivity index is 1.76. The summed E-state index contributed by atoms with van der Waals surface area (Å²) in [6, 6.07) is 10.8. The van der Waals surface area contributed by atoms with E-state index in [9.17, 15) is 8.42 Å². The summed E-state index contributed by atoms with van der Waals surface area (Å²) in [5.41, 5.74) is 1.90. The van der Waals surface area contributed by atoms with Gasteiger partial charge in [-0.25, -0.2) is 18.1 Å². The molecule has 4 nitrogen and oxygen atoms in total. The predicted molar refractivity (Wildman–Crippen MR) is 95.4 cm³/mol. The lowest BCUT2D eigenvalue weighted by Gasteiger charge is -2.06. The minimum absolute atomic E-state index is 0.255. The molecule has 120 valence electrons. The Morgan fingerprint density at radius 3 is 2.52 bits per heavy atom. The lowest BCUT2D eigenvalue weighted by Crippen LogP contribution is -2.23. The minimum atomic E-state index is -3.51. The van der Waals surface area contributed by atoms with Crippen LogP contribution in [-0.4, -0.2) is 13.4 Å². The zero-order chi connectivity index (χ0) is 16.4.